The van der Waals surface area contributed by atoms with Crippen LogP contribution in [0.5, 0.6) is 0 Å². The molecule has 31 heavy (non-hydrogen) atoms. The van der Waals surface area contributed by atoms with Crippen molar-refractivity contribution < 1.29 is 21.7 Å². The number of aryl methyl sites for hydroxylation is 4. The maximum Gasteiger partial charge on any atom is 0.243 e. The summed E-state index contributed by atoms with van der Waals surface area (Å²) in [5.41, 5.74) is 4.02. The monoisotopic (exact) mass is 466 g/mol. The van der Waals surface area contributed by atoms with Gasteiger partial charge in [-0.15, -0.1) is 0 Å². The summed E-state index contributed by atoms with van der Waals surface area (Å²) in [6.45, 7) is 10.8. The lowest BCUT2D eigenvalue weighted by Crippen LogP contribution is -3.15. The highest BCUT2D eigenvalue weighted by atomic mass is 32.2. The number of nitrogens with zero attached hydrogens (tertiary/aromatic N) is 1. The van der Waals surface area contributed by atoms with Crippen molar-refractivity contribution in [3.63, 3.8) is 0 Å². The van der Waals surface area contributed by atoms with E-state index in [1.165, 1.54) is 9.21 Å². The Labute approximate surface area is 186 Å². The van der Waals surface area contributed by atoms with E-state index in [2.05, 4.69) is 4.72 Å². The lowest BCUT2D eigenvalue weighted by molar-refractivity contribution is -0.902. The van der Waals surface area contributed by atoms with Gasteiger partial charge in [-0.3, -0.25) is 0 Å². The minimum atomic E-state index is -3.55. The molecule has 2 N–H and O–H groups in total. The average molecular weight is 467 g/mol. The number of piperazine rings is 1. The van der Waals surface area contributed by atoms with Crippen molar-refractivity contribution in [3.8, 4) is 0 Å². The van der Waals surface area contributed by atoms with E-state index in [9.17, 15) is 16.8 Å². The van der Waals surface area contributed by atoms with Crippen LogP contribution in [-0.2, 0) is 20.0 Å². The minimum Gasteiger partial charge on any atom is -0.332 e. The van der Waals surface area contributed by atoms with Gasteiger partial charge in [-0.05, 0) is 74.2 Å². The van der Waals surface area contributed by atoms with Crippen molar-refractivity contribution in [1.29, 1.82) is 0 Å². The highest BCUT2D eigenvalue weighted by molar-refractivity contribution is 7.89. The Hall–Kier alpha value is -1.78. The highest BCUT2D eigenvalue weighted by Crippen LogP contribution is 2.19. The summed E-state index contributed by atoms with van der Waals surface area (Å²) in [6.07, 6.45) is 0. The number of hydrogen-bond donors (Lipinski definition) is 2. The van der Waals surface area contributed by atoms with Gasteiger partial charge in [-0.2, -0.15) is 4.31 Å². The predicted octanol–water partition coefficient (Wildman–Crippen LogP) is 0.788. The summed E-state index contributed by atoms with van der Waals surface area (Å²) in [5, 5.41) is 0. The quantitative estimate of drug-likeness (QED) is 0.632. The van der Waals surface area contributed by atoms with Gasteiger partial charge in [0.1, 0.15) is 0 Å². The Morgan fingerprint density at radius 2 is 1.32 bits per heavy atom. The van der Waals surface area contributed by atoms with E-state index in [-0.39, 0.29) is 4.90 Å². The fourth-order valence-corrected chi connectivity index (χ4v) is 6.29. The molecule has 170 valence electrons. The molecule has 1 saturated heterocycles. The molecule has 0 aromatic heterocycles. The third-order valence-electron chi connectivity index (χ3n) is 6.10. The molecule has 9 heteroatoms. The van der Waals surface area contributed by atoms with Crippen molar-refractivity contribution in [3.05, 3.63) is 58.7 Å². The molecule has 3 rings (SSSR count). The second-order valence-electron chi connectivity index (χ2n) is 8.29. The third kappa shape index (κ3) is 5.53. The first-order valence-corrected chi connectivity index (χ1v) is 13.4. The molecular formula is C22H32N3O4S2+. The molecule has 0 amide bonds. The smallest absolute Gasteiger partial charge is 0.243 e. The molecule has 2 aromatic rings. The van der Waals surface area contributed by atoms with Crippen LogP contribution in [0, 0.1) is 27.7 Å². The number of rotatable bonds is 7. The SMILES string of the molecule is Cc1ccc(S(=O)(=O)NCC[NH+]2CCN(S(=O)(=O)c3ccc(C)c(C)c3)CC2)cc1C. The van der Waals surface area contributed by atoms with E-state index in [0.29, 0.717) is 44.2 Å². The summed E-state index contributed by atoms with van der Waals surface area (Å²) >= 11 is 0. The van der Waals surface area contributed by atoms with Crippen molar-refractivity contribution in [2.75, 3.05) is 39.3 Å². The molecular weight excluding hydrogens is 434 g/mol. The van der Waals surface area contributed by atoms with Gasteiger partial charge in [-0.1, -0.05) is 12.1 Å². The Kier molecular flexibility index (Phi) is 7.22. The van der Waals surface area contributed by atoms with E-state index in [0.717, 1.165) is 22.3 Å². The predicted molar refractivity (Wildman–Crippen MR) is 121 cm³/mol. The van der Waals surface area contributed by atoms with Crippen LogP contribution in [0.25, 0.3) is 0 Å². The van der Waals surface area contributed by atoms with Crippen LogP contribution in [0.3, 0.4) is 0 Å². The molecule has 7 nitrogen and oxygen atoms in total. The fourth-order valence-electron chi connectivity index (χ4n) is 3.64. The molecule has 1 aliphatic rings. The van der Waals surface area contributed by atoms with E-state index >= 15 is 0 Å². The summed E-state index contributed by atoms with van der Waals surface area (Å²) in [6, 6.07) is 10.3. The molecule has 0 aliphatic carbocycles. The number of hydrogen-bond acceptors (Lipinski definition) is 4. The molecule has 1 aliphatic heterocycles. The molecule has 0 radical (unpaired) electrons. The lowest BCUT2D eigenvalue weighted by atomic mass is 10.1. The normalized spacial score (nSPS) is 16.5. The summed E-state index contributed by atoms with van der Waals surface area (Å²) < 4.78 is 55.1. The number of benzene rings is 2. The van der Waals surface area contributed by atoms with Crippen LogP contribution in [0.15, 0.2) is 46.2 Å². The molecule has 1 fully saturated rings. The zero-order valence-corrected chi connectivity index (χ0v) is 20.2. The van der Waals surface area contributed by atoms with E-state index in [4.69, 9.17) is 0 Å². The zero-order valence-electron chi connectivity index (χ0n) is 18.6. The summed E-state index contributed by atoms with van der Waals surface area (Å²) in [7, 11) is -7.05. The first-order valence-electron chi connectivity index (χ1n) is 10.5. The van der Waals surface area contributed by atoms with Crippen LogP contribution in [0.1, 0.15) is 22.3 Å². The van der Waals surface area contributed by atoms with Gasteiger partial charge in [0.05, 0.1) is 49.1 Å². The summed E-state index contributed by atoms with van der Waals surface area (Å²) in [5.74, 6) is 0. The zero-order chi connectivity index (χ0) is 22.8. The number of quaternary nitrogens is 1. The Morgan fingerprint density at radius 3 is 1.87 bits per heavy atom. The first kappa shape index (κ1) is 23.9. The van der Waals surface area contributed by atoms with Crippen LogP contribution >= 0.6 is 0 Å². The molecule has 0 saturated carbocycles. The number of nitrogens with one attached hydrogen (secondary N) is 2. The van der Waals surface area contributed by atoms with E-state index in [1.807, 2.05) is 39.8 Å². The van der Waals surface area contributed by atoms with Crippen LogP contribution in [0.2, 0.25) is 0 Å². The van der Waals surface area contributed by atoms with Crippen LogP contribution in [-0.4, -0.2) is 60.4 Å². The van der Waals surface area contributed by atoms with Gasteiger partial charge in [-0.25, -0.2) is 21.6 Å². The largest absolute Gasteiger partial charge is 0.332 e. The maximum absolute atomic E-state index is 12.9. The van der Waals surface area contributed by atoms with Crippen LogP contribution < -0.4 is 9.62 Å². The minimum absolute atomic E-state index is 0.273. The lowest BCUT2D eigenvalue weighted by Gasteiger charge is -2.31. The molecule has 0 atom stereocenters. The van der Waals surface area contributed by atoms with Crippen molar-refractivity contribution in [1.82, 2.24) is 9.03 Å². The van der Waals surface area contributed by atoms with Gasteiger partial charge in [0.25, 0.3) is 0 Å². The standard InChI is InChI=1S/C22H31N3O4S2/c1-17-5-7-21(15-19(17)3)30(26,27)23-9-10-24-11-13-25(14-12-24)31(28,29)22-8-6-18(2)20(4)16-22/h5-8,15-16,23H,9-14H2,1-4H3/p+1. The van der Waals surface area contributed by atoms with E-state index < -0.39 is 20.0 Å². The number of sulfonamides is 2. The second-order valence-corrected chi connectivity index (χ2v) is 12.0. The molecule has 0 spiro atoms. The van der Waals surface area contributed by atoms with Gasteiger partial charge >= 0.3 is 0 Å². The van der Waals surface area contributed by atoms with E-state index in [1.54, 1.807) is 24.3 Å². The Morgan fingerprint density at radius 1 is 0.806 bits per heavy atom. The average Bonchev–Trinajstić information content (AvgIpc) is 2.72. The van der Waals surface area contributed by atoms with Crippen molar-refractivity contribution in [2.45, 2.75) is 37.5 Å². The molecule has 2 aromatic carbocycles. The first-order chi connectivity index (χ1) is 14.5. The third-order valence-corrected chi connectivity index (χ3v) is 9.46. The van der Waals surface area contributed by atoms with Gasteiger partial charge in [0.2, 0.25) is 20.0 Å². The fraction of sp³-hybridized carbons (Fsp3) is 0.455. The van der Waals surface area contributed by atoms with Gasteiger partial charge < -0.3 is 4.90 Å². The van der Waals surface area contributed by atoms with Gasteiger partial charge in [0, 0.05) is 0 Å². The van der Waals surface area contributed by atoms with Crippen LogP contribution in [0.4, 0.5) is 0 Å². The Balaban J connectivity index is 1.53. The molecule has 0 bridgehead atoms. The van der Waals surface area contributed by atoms with Crippen molar-refractivity contribution in [2.24, 2.45) is 0 Å². The summed E-state index contributed by atoms with van der Waals surface area (Å²) in [4.78, 5) is 1.80. The second kappa shape index (κ2) is 9.38. The molecule has 0 unspecified atom stereocenters. The van der Waals surface area contributed by atoms with Crippen molar-refractivity contribution >= 4 is 20.0 Å². The Bertz CT molecular complexity index is 1150. The maximum atomic E-state index is 12.9. The molecule has 1 heterocycles. The topological polar surface area (TPSA) is 88.0 Å². The van der Waals surface area contributed by atoms with Gasteiger partial charge in [0.15, 0.2) is 0 Å². The highest BCUT2D eigenvalue weighted by Gasteiger charge is 2.30.